The first-order chi connectivity index (χ1) is 29.3. The molecule has 0 aliphatic heterocycles. The molecule has 2 aliphatic carbocycles. The van der Waals surface area contributed by atoms with Crippen molar-refractivity contribution in [2.75, 3.05) is 7.11 Å². The van der Waals surface area contributed by atoms with E-state index in [1.165, 1.54) is 19.2 Å². The third-order valence-corrected chi connectivity index (χ3v) is 11.6. The number of fused-ring (bicyclic) bond motifs is 10. The zero-order valence-corrected chi connectivity index (χ0v) is 35.0. The summed E-state index contributed by atoms with van der Waals surface area (Å²) in [6.45, 7) is 7.45. The van der Waals surface area contributed by atoms with Gasteiger partial charge in [-0.25, -0.2) is 9.59 Å². The van der Waals surface area contributed by atoms with Gasteiger partial charge in [0.25, 0.3) is 0 Å². The number of ketones is 4. The molecule has 0 saturated heterocycles. The van der Waals surface area contributed by atoms with Crippen LogP contribution in [0.5, 0.6) is 0 Å². The number of hydrogen-bond acceptors (Lipinski definition) is 10. The summed E-state index contributed by atoms with van der Waals surface area (Å²) in [5.41, 5.74) is 7.72. The Labute approximate surface area is 386 Å². The van der Waals surface area contributed by atoms with Crippen molar-refractivity contribution in [3.8, 4) is 45.3 Å². The summed E-state index contributed by atoms with van der Waals surface area (Å²) in [5.74, 6) is -1.90. The van der Waals surface area contributed by atoms with Crippen molar-refractivity contribution in [3.05, 3.63) is 165 Å². The van der Waals surface area contributed by atoms with Crippen molar-refractivity contribution in [3.63, 3.8) is 0 Å². The number of carboxylic acids is 1. The minimum absolute atomic E-state index is 0. The van der Waals surface area contributed by atoms with E-state index in [1.54, 1.807) is 50.2 Å². The Kier molecular flexibility index (Phi) is 13.7. The third kappa shape index (κ3) is 7.63. The molecule has 0 spiro atoms. The fraction of sp³-hybridized carbons (Fsp3) is 0.132. The van der Waals surface area contributed by atoms with Crippen LogP contribution in [-0.4, -0.2) is 52.8 Å². The Bertz CT molecular complexity index is 3280. The fourth-order valence-electron chi connectivity index (χ4n) is 8.50. The molecule has 0 atom stereocenters. The first kappa shape index (κ1) is 48.6. The van der Waals surface area contributed by atoms with Crippen LogP contribution in [0.25, 0.3) is 66.8 Å². The number of carbonyl (C=O) groups excluding carboxylic acids is 5. The van der Waals surface area contributed by atoms with Gasteiger partial charge in [0, 0.05) is 44.5 Å². The molecule has 0 fully saturated rings. The second kappa shape index (κ2) is 18.4. The van der Waals surface area contributed by atoms with E-state index in [2.05, 4.69) is 0 Å². The van der Waals surface area contributed by atoms with Gasteiger partial charge in [0.1, 0.15) is 23.0 Å². The Morgan fingerprint density at radius 1 is 0.477 bits per heavy atom. The van der Waals surface area contributed by atoms with Crippen molar-refractivity contribution >= 4 is 56.6 Å². The number of ether oxygens (including phenoxy) is 1. The van der Waals surface area contributed by atoms with Crippen LogP contribution in [0, 0.1) is 27.7 Å². The Hall–Kier alpha value is -7.42. The number of carbonyl (C=O) groups is 6. The normalized spacial score (nSPS) is 11.9. The summed E-state index contributed by atoms with van der Waals surface area (Å²) in [6.07, 6.45) is 0. The molecule has 2 N–H and O–H groups in total. The molecule has 10 rings (SSSR count). The Morgan fingerprint density at radius 3 is 1.22 bits per heavy atom. The first-order valence-corrected chi connectivity index (χ1v) is 19.3. The van der Waals surface area contributed by atoms with Crippen LogP contribution < -0.4 is 18.9 Å². The van der Waals surface area contributed by atoms with Gasteiger partial charge in [0.05, 0.1) is 29.4 Å². The third-order valence-electron chi connectivity index (χ3n) is 11.6. The minimum Gasteiger partial charge on any atom is -0.870 e. The van der Waals surface area contributed by atoms with Crippen LogP contribution >= 0.6 is 0 Å². The number of furan rings is 2. The molecule has 0 saturated carbocycles. The van der Waals surface area contributed by atoms with Gasteiger partial charge in [0.15, 0.2) is 0 Å². The maximum Gasteiger partial charge on any atom is 1.00 e. The van der Waals surface area contributed by atoms with E-state index in [4.69, 9.17) is 18.7 Å². The van der Waals surface area contributed by atoms with Crippen LogP contribution in [0.15, 0.2) is 118 Å². The molecule has 8 aromatic rings. The molecule has 0 bridgehead atoms. The molecule has 12 heteroatoms. The first-order valence-electron chi connectivity index (χ1n) is 19.3. The second-order valence-electron chi connectivity index (χ2n) is 15.1. The van der Waals surface area contributed by atoms with E-state index in [-0.39, 0.29) is 50.3 Å². The minimum atomic E-state index is -1.02. The van der Waals surface area contributed by atoms with Crippen molar-refractivity contribution in [1.29, 1.82) is 0 Å². The van der Waals surface area contributed by atoms with E-state index in [0.29, 0.717) is 78.7 Å². The standard InChI is InChI=1S/C26H18O5.C25H16O5.2CH4.Li.H2O/c1-13-5-4-6-18-17(13)11-12-19-21(18)23(28)22(27)20-14(2)24(31-25(19)20)15-7-9-16(10-8-15)26(29)30-3;1-12-4-3-5-17-16(12)10-11-18-20(17)22(27)21(26)19-13(2)23(30-24(18)19)14-6-8-15(9-7-14)25(28)29;;;;/h4-12H,1-3H3;3-11H,1-2H3,(H,28,29);2*1H4;;1H2/q;;;;+1;/p-1. The average molecular weight is 863 g/mol. The molecule has 2 aliphatic rings. The molecule has 2 heterocycles. The van der Waals surface area contributed by atoms with E-state index in [0.717, 1.165) is 32.7 Å². The van der Waals surface area contributed by atoms with Gasteiger partial charge in [-0.15, -0.1) is 0 Å². The van der Waals surface area contributed by atoms with Crippen LogP contribution in [0.4, 0.5) is 0 Å². The number of Topliss-reactive ketones (excluding diaryl/α,β-unsaturated/α-hetero) is 4. The maximum atomic E-state index is 13.1. The van der Waals surface area contributed by atoms with E-state index < -0.39 is 35.1 Å². The summed E-state index contributed by atoms with van der Waals surface area (Å²) >= 11 is 0. The molecule has 6 aromatic carbocycles. The molecule has 322 valence electrons. The number of esters is 1. The number of hydrogen-bond donors (Lipinski definition) is 1. The smallest absolute Gasteiger partial charge is 0.870 e. The second-order valence-corrected chi connectivity index (χ2v) is 15.1. The van der Waals surface area contributed by atoms with Gasteiger partial charge in [0.2, 0.25) is 23.1 Å². The number of carboxylic acid groups (broad SMARTS) is 1. The van der Waals surface area contributed by atoms with Crippen molar-refractivity contribution in [2.24, 2.45) is 0 Å². The maximum absolute atomic E-state index is 13.1. The molecule has 0 unspecified atom stereocenters. The Morgan fingerprint density at radius 2 is 0.846 bits per heavy atom. The summed E-state index contributed by atoms with van der Waals surface area (Å²) in [4.78, 5) is 75.1. The molecule has 0 radical (unpaired) electrons. The predicted molar refractivity (Wildman–Crippen MR) is 244 cm³/mol. The van der Waals surface area contributed by atoms with E-state index in [1.807, 2.05) is 74.5 Å². The zero-order chi connectivity index (χ0) is 43.0. The summed E-state index contributed by atoms with van der Waals surface area (Å²) in [5, 5.41) is 12.5. The topological polar surface area (TPSA) is 188 Å². The van der Waals surface area contributed by atoms with Crippen molar-refractivity contribution < 1.29 is 71.8 Å². The summed E-state index contributed by atoms with van der Waals surface area (Å²) in [7, 11) is 1.33. The number of rotatable bonds is 4. The van der Waals surface area contributed by atoms with E-state index in [9.17, 15) is 28.8 Å². The van der Waals surface area contributed by atoms with Crippen molar-refractivity contribution in [2.45, 2.75) is 42.5 Å². The van der Waals surface area contributed by atoms with Crippen LogP contribution in [-0.2, 0) is 4.74 Å². The SMILES string of the molecule is C.C.COC(=O)c1ccc(-c2oc3c(c2C)C(=O)C(=O)c2c-3ccc3c(C)cccc23)cc1.Cc1c(-c2ccc(C(=O)O)cc2)oc2c1C(=O)C(=O)c1c-2ccc2c(C)cccc12.[Li+].[OH-]. The fourth-order valence-corrected chi connectivity index (χ4v) is 8.50. The van der Waals surface area contributed by atoms with Gasteiger partial charge in [-0.05, 0) is 96.8 Å². The molecule has 65 heavy (non-hydrogen) atoms. The average Bonchev–Trinajstić information content (AvgIpc) is 3.81. The van der Waals surface area contributed by atoms with Crippen LogP contribution in [0.2, 0.25) is 0 Å². The number of aryl methyl sites for hydroxylation is 2. The van der Waals surface area contributed by atoms with Gasteiger partial charge >= 0.3 is 30.8 Å². The molecular weight excluding hydrogens is 820 g/mol. The quantitative estimate of drug-likeness (QED) is 0.101. The van der Waals surface area contributed by atoms with Gasteiger partial charge in [-0.3, -0.25) is 19.2 Å². The Balaban J connectivity index is 0.000000230. The summed E-state index contributed by atoms with van der Waals surface area (Å²) < 4.78 is 17.0. The van der Waals surface area contributed by atoms with Gasteiger partial charge in [-0.1, -0.05) is 87.6 Å². The predicted octanol–water partition coefficient (Wildman–Crippen LogP) is 9.11. The number of methoxy groups -OCH3 is 1. The van der Waals surface area contributed by atoms with Crippen LogP contribution in [0.1, 0.15) is 99.3 Å². The number of aromatic carboxylic acids is 1. The number of benzene rings is 6. The molecule has 0 amide bonds. The summed E-state index contributed by atoms with van der Waals surface area (Å²) in [6, 6.07) is 32.0. The molecular formula is C53H43LiO11. The molecule has 11 nitrogen and oxygen atoms in total. The zero-order valence-electron chi connectivity index (χ0n) is 35.0. The van der Waals surface area contributed by atoms with Gasteiger partial charge < -0.3 is 24.2 Å². The van der Waals surface area contributed by atoms with Crippen molar-refractivity contribution in [1.82, 2.24) is 0 Å². The largest absolute Gasteiger partial charge is 1.00 e. The molecule has 2 aromatic heterocycles. The monoisotopic (exact) mass is 862 g/mol. The van der Waals surface area contributed by atoms with Crippen LogP contribution in [0.3, 0.4) is 0 Å². The van der Waals surface area contributed by atoms with E-state index >= 15 is 0 Å². The van der Waals surface area contributed by atoms with Gasteiger partial charge in [-0.2, -0.15) is 0 Å².